The second-order valence-corrected chi connectivity index (χ2v) is 8.10. The Kier molecular flexibility index (Phi) is 3.82. The van der Waals surface area contributed by atoms with Crippen LogP contribution < -0.4 is 4.74 Å². The number of benzene rings is 2. The van der Waals surface area contributed by atoms with Gasteiger partial charge in [-0.3, -0.25) is 4.79 Å². The molecule has 2 aromatic rings. The Labute approximate surface area is 144 Å². The molecule has 126 valence electrons. The van der Waals surface area contributed by atoms with Gasteiger partial charge in [-0.25, -0.2) is 0 Å². The predicted molar refractivity (Wildman–Crippen MR) is 98.0 cm³/mol. The summed E-state index contributed by atoms with van der Waals surface area (Å²) in [6.45, 7) is 14.9. The minimum atomic E-state index is -0.320. The zero-order valence-electron chi connectivity index (χ0n) is 15.7. The number of carbonyl (C=O) groups excluding carboxylic acids is 1. The molecular weight excluding hydrogens is 296 g/mol. The second kappa shape index (κ2) is 5.47. The minimum absolute atomic E-state index is 0.0368. The molecule has 24 heavy (non-hydrogen) atoms. The number of fused-ring (bicyclic) bond motifs is 1. The quantitative estimate of drug-likeness (QED) is 0.528. The summed E-state index contributed by atoms with van der Waals surface area (Å²) in [5.74, 6) is 0.259. The molecule has 2 nitrogen and oxygen atoms in total. The summed E-state index contributed by atoms with van der Waals surface area (Å²) in [6.07, 6.45) is 0. The molecule has 0 spiro atoms. The minimum Gasteiger partial charge on any atom is -0.425 e. The van der Waals surface area contributed by atoms with Crippen LogP contribution in [0.5, 0.6) is 5.75 Å². The van der Waals surface area contributed by atoms with Gasteiger partial charge in [-0.2, -0.15) is 0 Å². The van der Waals surface area contributed by atoms with Crippen molar-refractivity contribution in [1.29, 1.82) is 0 Å². The zero-order chi connectivity index (χ0) is 17.8. The van der Waals surface area contributed by atoms with Crippen molar-refractivity contribution >= 4 is 5.97 Å². The van der Waals surface area contributed by atoms with E-state index in [9.17, 15) is 4.79 Å². The average molecular weight is 322 g/mol. The molecule has 0 saturated heterocycles. The van der Waals surface area contributed by atoms with Crippen LogP contribution in [0.25, 0.3) is 0 Å². The van der Waals surface area contributed by atoms with Gasteiger partial charge in [0, 0.05) is 5.56 Å². The van der Waals surface area contributed by atoms with Gasteiger partial charge in [-0.05, 0) is 66.5 Å². The zero-order valence-corrected chi connectivity index (χ0v) is 15.7. The Balaban J connectivity index is 2.20. The molecule has 2 heteroatoms. The monoisotopic (exact) mass is 322 g/mol. The number of hydrogen-bond donors (Lipinski definition) is 0. The van der Waals surface area contributed by atoms with Crippen LogP contribution in [0.2, 0.25) is 0 Å². The summed E-state index contributed by atoms with van der Waals surface area (Å²) in [5, 5.41) is 0. The first-order valence-corrected chi connectivity index (χ1v) is 8.54. The number of hydrogen-bond acceptors (Lipinski definition) is 2. The maximum Gasteiger partial charge on any atom is 0.323 e. The standard InChI is InChI=1S/C22H26O2/c1-12-8-16(9-13(2)15(12)4)19-18-11-17(22(5,6)7)10-14(3)20(18)24-21(19)23/h8-11,19H,1-7H3. The van der Waals surface area contributed by atoms with Crippen LogP contribution in [0.3, 0.4) is 0 Å². The highest BCUT2D eigenvalue weighted by Crippen LogP contribution is 2.44. The number of aryl methyl sites for hydroxylation is 3. The molecule has 1 aliphatic heterocycles. The summed E-state index contributed by atoms with van der Waals surface area (Å²) in [5.41, 5.74) is 8.07. The first-order chi connectivity index (χ1) is 11.1. The van der Waals surface area contributed by atoms with E-state index >= 15 is 0 Å². The first-order valence-electron chi connectivity index (χ1n) is 8.54. The molecule has 1 atom stereocenters. The summed E-state index contributed by atoms with van der Waals surface area (Å²) >= 11 is 0. The van der Waals surface area contributed by atoms with Crippen molar-refractivity contribution in [1.82, 2.24) is 0 Å². The van der Waals surface area contributed by atoms with E-state index in [-0.39, 0.29) is 17.3 Å². The lowest BCUT2D eigenvalue weighted by Crippen LogP contribution is -2.14. The van der Waals surface area contributed by atoms with E-state index in [0.717, 1.165) is 22.4 Å². The van der Waals surface area contributed by atoms with Gasteiger partial charge in [0.2, 0.25) is 0 Å². The maximum atomic E-state index is 12.6. The molecule has 0 saturated carbocycles. The number of carbonyl (C=O) groups is 1. The molecule has 0 aliphatic carbocycles. The van der Waals surface area contributed by atoms with Crippen molar-refractivity contribution in [2.75, 3.05) is 0 Å². The van der Waals surface area contributed by atoms with Crippen molar-refractivity contribution in [2.24, 2.45) is 0 Å². The van der Waals surface area contributed by atoms with E-state index in [1.165, 1.54) is 22.3 Å². The molecule has 0 fully saturated rings. The third-order valence-electron chi connectivity index (χ3n) is 5.20. The number of esters is 1. The highest BCUT2D eigenvalue weighted by molar-refractivity contribution is 5.90. The van der Waals surface area contributed by atoms with Gasteiger partial charge in [0.15, 0.2) is 0 Å². The van der Waals surface area contributed by atoms with Gasteiger partial charge in [0.1, 0.15) is 11.7 Å². The smallest absolute Gasteiger partial charge is 0.323 e. The lowest BCUT2D eigenvalue weighted by molar-refractivity contribution is -0.133. The maximum absolute atomic E-state index is 12.6. The second-order valence-electron chi connectivity index (χ2n) is 8.10. The van der Waals surface area contributed by atoms with Crippen molar-refractivity contribution in [3.05, 3.63) is 63.2 Å². The van der Waals surface area contributed by atoms with E-state index in [0.29, 0.717) is 0 Å². The predicted octanol–water partition coefficient (Wildman–Crippen LogP) is 5.27. The Morgan fingerprint density at radius 3 is 2.00 bits per heavy atom. The molecule has 0 radical (unpaired) electrons. The Bertz CT molecular complexity index is 815. The lowest BCUT2D eigenvalue weighted by atomic mass is 9.81. The summed E-state index contributed by atoms with van der Waals surface area (Å²) in [6, 6.07) is 8.55. The van der Waals surface area contributed by atoms with Gasteiger partial charge < -0.3 is 4.74 Å². The van der Waals surface area contributed by atoms with Crippen LogP contribution in [-0.2, 0) is 10.2 Å². The molecule has 1 aliphatic rings. The largest absolute Gasteiger partial charge is 0.425 e. The third-order valence-corrected chi connectivity index (χ3v) is 5.20. The van der Waals surface area contributed by atoms with E-state index in [1.807, 2.05) is 6.92 Å². The molecular formula is C22H26O2. The molecule has 0 aromatic heterocycles. The van der Waals surface area contributed by atoms with Crippen molar-refractivity contribution in [2.45, 2.75) is 59.8 Å². The molecule has 1 heterocycles. The molecule has 0 amide bonds. The van der Waals surface area contributed by atoms with Crippen LogP contribution in [0.4, 0.5) is 0 Å². The van der Waals surface area contributed by atoms with Crippen molar-refractivity contribution in [3.63, 3.8) is 0 Å². The highest BCUT2D eigenvalue weighted by Gasteiger charge is 2.37. The van der Waals surface area contributed by atoms with Crippen LogP contribution >= 0.6 is 0 Å². The topological polar surface area (TPSA) is 26.3 Å². The Hall–Kier alpha value is -2.09. The van der Waals surface area contributed by atoms with Crippen LogP contribution in [-0.4, -0.2) is 5.97 Å². The molecule has 2 aromatic carbocycles. The van der Waals surface area contributed by atoms with Crippen LogP contribution in [0, 0.1) is 27.7 Å². The number of ether oxygens (including phenoxy) is 1. The third kappa shape index (κ3) is 2.64. The van der Waals surface area contributed by atoms with Crippen LogP contribution in [0.15, 0.2) is 24.3 Å². The van der Waals surface area contributed by atoms with Gasteiger partial charge >= 0.3 is 5.97 Å². The van der Waals surface area contributed by atoms with Crippen molar-refractivity contribution in [3.8, 4) is 5.75 Å². The fourth-order valence-electron chi connectivity index (χ4n) is 3.43. The first kappa shape index (κ1) is 16.8. The van der Waals surface area contributed by atoms with Gasteiger partial charge in [0.25, 0.3) is 0 Å². The summed E-state index contributed by atoms with van der Waals surface area (Å²) < 4.78 is 5.64. The lowest BCUT2D eigenvalue weighted by Gasteiger charge is -2.21. The normalized spacial score (nSPS) is 17.0. The molecule has 3 rings (SSSR count). The number of rotatable bonds is 1. The summed E-state index contributed by atoms with van der Waals surface area (Å²) in [7, 11) is 0. The van der Waals surface area contributed by atoms with Crippen molar-refractivity contribution < 1.29 is 9.53 Å². The average Bonchev–Trinajstić information content (AvgIpc) is 2.80. The molecule has 0 N–H and O–H groups in total. The van der Waals surface area contributed by atoms with Gasteiger partial charge in [-0.1, -0.05) is 45.0 Å². The van der Waals surface area contributed by atoms with E-state index in [2.05, 4.69) is 65.8 Å². The van der Waals surface area contributed by atoms with Gasteiger partial charge in [0.05, 0.1) is 0 Å². The van der Waals surface area contributed by atoms with E-state index < -0.39 is 0 Å². The fourth-order valence-corrected chi connectivity index (χ4v) is 3.43. The fraction of sp³-hybridized carbons (Fsp3) is 0.409. The Morgan fingerprint density at radius 1 is 0.875 bits per heavy atom. The SMILES string of the molecule is Cc1cc(C2C(=O)Oc3c(C)cc(C(C)(C)C)cc32)cc(C)c1C. The highest BCUT2D eigenvalue weighted by atomic mass is 16.5. The van der Waals surface area contributed by atoms with E-state index in [1.54, 1.807) is 0 Å². The van der Waals surface area contributed by atoms with E-state index in [4.69, 9.17) is 4.74 Å². The molecule has 0 bridgehead atoms. The summed E-state index contributed by atoms with van der Waals surface area (Å²) in [4.78, 5) is 12.6. The van der Waals surface area contributed by atoms with Crippen LogP contribution in [0.1, 0.15) is 65.6 Å². The Morgan fingerprint density at radius 2 is 1.46 bits per heavy atom. The molecule has 1 unspecified atom stereocenters. The van der Waals surface area contributed by atoms with Gasteiger partial charge in [-0.15, -0.1) is 0 Å².